The number of furan rings is 1. The van der Waals surface area contributed by atoms with Crippen molar-refractivity contribution in [3.63, 3.8) is 0 Å². The summed E-state index contributed by atoms with van der Waals surface area (Å²) in [7, 11) is 1.47. The van der Waals surface area contributed by atoms with Gasteiger partial charge in [-0.2, -0.15) is 0 Å². The van der Waals surface area contributed by atoms with Crippen molar-refractivity contribution in [1.82, 2.24) is 5.32 Å². The number of benzene rings is 2. The number of rotatable bonds is 9. The first-order valence-corrected chi connectivity index (χ1v) is 9.45. The highest BCUT2D eigenvalue weighted by Crippen LogP contribution is 2.30. The zero-order valence-electron chi connectivity index (χ0n) is 16.2. The molecule has 0 saturated carbocycles. The molecule has 0 aliphatic heterocycles. The van der Waals surface area contributed by atoms with Crippen molar-refractivity contribution < 1.29 is 28.2 Å². The fourth-order valence-corrected chi connectivity index (χ4v) is 2.74. The van der Waals surface area contributed by atoms with Crippen LogP contribution in [0.3, 0.4) is 0 Å². The summed E-state index contributed by atoms with van der Waals surface area (Å²) < 4.78 is 21.2. The molecule has 0 aliphatic rings. The van der Waals surface area contributed by atoms with E-state index in [4.69, 9.17) is 30.2 Å². The summed E-state index contributed by atoms with van der Waals surface area (Å²) in [5, 5.41) is 3.19. The van der Waals surface area contributed by atoms with Crippen molar-refractivity contribution >= 4 is 23.5 Å². The van der Waals surface area contributed by atoms with E-state index in [1.54, 1.807) is 24.3 Å². The van der Waals surface area contributed by atoms with Crippen LogP contribution in [0.5, 0.6) is 11.5 Å². The van der Waals surface area contributed by atoms with Gasteiger partial charge in [0.1, 0.15) is 12.4 Å². The van der Waals surface area contributed by atoms with Crippen LogP contribution in [0.1, 0.15) is 21.7 Å². The normalized spacial score (nSPS) is 10.3. The lowest BCUT2D eigenvalue weighted by Gasteiger charge is -2.13. The highest BCUT2D eigenvalue weighted by atomic mass is 35.5. The van der Waals surface area contributed by atoms with E-state index in [0.29, 0.717) is 22.3 Å². The summed E-state index contributed by atoms with van der Waals surface area (Å²) in [6, 6.07) is 15.4. The molecular weight excluding hydrogens is 410 g/mol. The van der Waals surface area contributed by atoms with Crippen molar-refractivity contribution in [3.8, 4) is 11.5 Å². The molecule has 0 fully saturated rings. The fourth-order valence-electron chi connectivity index (χ4n) is 2.55. The van der Waals surface area contributed by atoms with E-state index in [1.807, 2.05) is 18.2 Å². The Balaban J connectivity index is 1.54. The molecule has 156 valence electrons. The van der Waals surface area contributed by atoms with E-state index < -0.39 is 18.5 Å². The number of halogens is 1. The van der Waals surface area contributed by atoms with Crippen molar-refractivity contribution in [3.05, 3.63) is 82.8 Å². The number of carbonyl (C=O) groups excluding carboxylic acids is 2. The van der Waals surface area contributed by atoms with Crippen molar-refractivity contribution in [1.29, 1.82) is 0 Å². The lowest BCUT2D eigenvalue weighted by Crippen LogP contribution is -2.28. The molecule has 3 aromatic rings. The summed E-state index contributed by atoms with van der Waals surface area (Å²) >= 11 is 6.13. The minimum atomic E-state index is -0.654. The number of hydrogen-bond donors (Lipinski definition) is 1. The van der Waals surface area contributed by atoms with Crippen LogP contribution in [0.15, 0.2) is 65.3 Å². The summed E-state index contributed by atoms with van der Waals surface area (Å²) in [6.07, 6.45) is 1.51. The van der Waals surface area contributed by atoms with Gasteiger partial charge >= 0.3 is 5.97 Å². The Bertz CT molecular complexity index is 1000. The third-order valence-electron chi connectivity index (χ3n) is 4.11. The smallest absolute Gasteiger partial charge is 0.338 e. The Morgan fingerprint density at radius 1 is 1.07 bits per heavy atom. The lowest BCUT2D eigenvalue weighted by molar-refractivity contribution is -0.124. The first-order valence-electron chi connectivity index (χ1n) is 9.07. The van der Waals surface area contributed by atoms with Gasteiger partial charge in [0.25, 0.3) is 5.91 Å². The summed E-state index contributed by atoms with van der Waals surface area (Å²) in [4.78, 5) is 24.1. The fraction of sp³-hybridized carbons (Fsp3) is 0.182. The lowest BCUT2D eigenvalue weighted by atomic mass is 10.2. The maximum absolute atomic E-state index is 12.3. The molecule has 30 heavy (non-hydrogen) atoms. The minimum Gasteiger partial charge on any atom is -0.493 e. The molecule has 1 N–H and O–H groups in total. The Morgan fingerprint density at radius 3 is 2.63 bits per heavy atom. The van der Waals surface area contributed by atoms with Gasteiger partial charge < -0.3 is 23.9 Å². The molecule has 0 unspecified atom stereocenters. The van der Waals surface area contributed by atoms with E-state index >= 15 is 0 Å². The van der Waals surface area contributed by atoms with Crippen molar-refractivity contribution in [2.45, 2.75) is 13.2 Å². The summed E-state index contributed by atoms with van der Waals surface area (Å²) in [5.41, 5.74) is 1.06. The molecule has 0 saturated heterocycles. The maximum atomic E-state index is 12.3. The molecule has 0 atom stereocenters. The first-order chi connectivity index (χ1) is 14.6. The zero-order valence-corrected chi connectivity index (χ0v) is 17.0. The van der Waals surface area contributed by atoms with Crippen LogP contribution in [0.4, 0.5) is 0 Å². The van der Waals surface area contributed by atoms with Crippen LogP contribution in [0.2, 0.25) is 5.02 Å². The average molecular weight is 430 g/mol. The van der Waals surface area contributed by atoms with Crippen LogP contribution in [0, 0.1) is 0 Å². The van der Waals surface area contributed by atoms with Gasteiger partial charge in [-0.15, -0.1) is 0 Å². The second-order valence-electron chi connectivity index (χ2n) is 6.18. The molecular formula is C22H20ClNO6. The van der Waals surface area contributed by atoms with Crippen LogP contribution < -0.4 is 14.8 Å². The van der Waals surface area contributed by atoms with Gasteiger partial charge in [0, 0.05) is 10.6 Å². The molecule has 7 nitrogen and oxygen atoms in total. The third-order valence-corrected chi connectivity index (χ3v) is 4.48. The highest BCUT2D eigenvalue weighted by Gasteiger charge is 2.14. The van der Waals surface area contributed by atoms with Gasteiger partial charge in [-0.05, 0) is 36.4 Å². The van der Waals surface area contributed by atoms with Gasteiger partial charge in [-0.3, -0.25) is 4.79 Å². The maximum Gasteiger partial charge on any atom is 0.338 e. The number of amides is 1. The van der Waals surface area contributed by atoms with Crippen LogP contribution in [-0.4, -0.2) is 25.6 Å². The van der Waals surface area contributed by atoms with Gasteiger partial charge in [-0.1, -0.05) is 29.8 Å². The van der Waals surface area contributed by atoms with Gasteiger partial charge in [0.2, 0.25) is 0 Å². The van der Waals surface area contributed by atoms with Gasteiger partial charge in [-0.25, -0.2) is 4.79 Å². The van der Waals surface area contributed by atoms with E-state index in [-0.39, 0.29) is 18.7 Å². The Labute approximate surface area is 178 Å². The van der Waals surface area contributed by atoms with Crippen LogP contribution in [-0.2, 0) is 22.7 Å². The third kappa shape index (κ3) is 5.78. The number of nitrogens with one attached hydrogen (secondary N) is 1. The molecule has 0 spiro atoms. The average Bonchev–Trinajstić information content (AvgIpc) is 3.29. The number of hydrogen-bond acceptors (Lipinski definition) is 6. The van der Waals surface area contributed by atoms with E-state index in [9.17, 15) is 9.59 Å². The SMILES string of the molecule is COc1cc(C(=O)OCC(=O)NCc2ccco2)ccc1OCc1ccccc1Cl. The molecule has 0 aliphatic carbocycles. The van der Waals surface area contributed by atoms with Crippen LogP contribution >= 0.6 is 11.6 Å². The second kappa shape index (κ2) is 10.4. The Morgan fingerprint density at radius 2 is 1.90 bits per heavy atom. The van der Waals surface area contributed by atoms with Gasteiger partial charge in [0.05, 0.1) is 25.5 Å². The largest absolute Gasteiger partial charge is 0.493 e. The molecule has 2 aromatic carbocycles. The molecule has 8 heteroatoms. The Kier molecular flexibility index (Phi) is 7.34. The highest BCUT2D eigenvalue weighted by molar-refractivity contribution is 6.31. The molecule has 0 bridgehead atoms. The predicted octanol–water partition coefficient (Wildman–Crippen LogP) is 3.99. The number of esters is 1. The molecule has 1 amide bonds. The molecule has 0 radical (unpaired) electrons. The van der Waals surface area contributed by atoms with E-state index in [0.717, 1.165) is 5.56 Å². The summed E-state index contributed by atoms with van der Waals surface area (Å²) in [5.74, 6) is 0.321. The predicted molar refractivity (Wildman–Crippen MR) is 110 cm³/mol. The van der Waals surface area contributed by atoms with Crippen molar-refractivity contribution in [2.24, 2.45) is 0 Å². The topological polar surface area (TPSA) is 87.0 Å². The molecule has 1 aromatic heterocycles. The summed E-state index contributed by atoms with van der Waals surface area (Å²) in [6.45, 7) is 0.0525. The molecule has 3 rings (SSSR count). The van der Waals surface area contributed by atoms with Gasteiger partial charge in [0.15, 0.2) is 18.1 Å². The second-order valence-corrected chi connectivity index (χ2v) is 6.59. The number of ether oxygens (including phenoxy) is 3. The first kappa shape index (κ1) is 21.3. The van der Waals surface area contributed by atoms with E-state index in [2.05, 4.69) is 5.32 Å². The Hall–Kier alpha value is -3.45. The monoisotopic (exact) mass is 429 g/mol. The number of methoxy groups -OCH3 is 1. The van der Waals surface area contributed by atoms with Crippen molar-refractivity contribution in [2.75, 3.05) is 13.7 Å². The number of carbonyl (C=O) groups is 2. The van der Waals surface area contributed by atoms with Crippen LogP contribution in [0.25, 0.3) is 0 Å². The standard InChI is InChI=1S/C22H20ClNO6/c1-27-20-11-15(8-9-19(20)29-13-16-5-2-3-7-18(16)23)22(26)30-14-21(25)24-12-17-6-4-10-28-17/h2-11H,12-14H2,1H3,(H,24,25). The zero-order chi connectivity index (χ0) is 21.3. The van der Waals surface area contributed by atoms with E-state index in [1.165, 1.54) is 25.5 Å². The quantitative estimate of drug-likeness (QED) is 0.517. The minimum absolute atomic E-state index is 0.217. The molecule has 1 heterocycles.